The summed E-state index contributed by atoms with van der Waals surface area (Å²) in [6.45, 7) is 13.2. The molecular formula is C35H77P2Ti-. The van der Waals surface area contributed by atoms with Crippen LogP contribution < -0.4 is 0 Å². The van der Waals surface area contributed by atoms with Crippen LogP contribution in [0, 0.1) is 6.42 Å². The maximum absolute atomic E-state index is 2.29. The molecule has 0 fully saturated rings. The molecule has 0 saturated carbocycles. The third kappa shape index (κ3) is 57.5. The van der Waals surface area contributed by atoms with Crippen LogP contribution in [-0.4, -0.2) is 24.6 Å². The molecule has 0 unspecified atom stereocenters. The second-order valence-corrected chi connectivity index (χ2v) is 14.1. The molecule has 3 heteroatoms. The Morgan fingerprint density at radius 1 is 0.316 bits per heavy atom. The van der Waals surface area contributed by atoms with E-state index < -0.39 is 0 Å². The summed E-state index contributed by atoms with van der Waals surface area (Å²) in [5.41, 5.74) is 0. The molecule has 0 nitrogen and oxygen atoms in total. The molecule has 0 aromatic carbocycles. The molecule has 0 saturated heterocycles. The topological polar surface area (TPSA) is 0 Å². The first kappa shape index (κ1) is 46.5. The number of hydrogen-bond donors (Lipinski definition) is 0. The van der Waals surface area contributed by atoms with Gasteiger partial charge in [0.05, 0.1) is 0 Å². The van der Waals surface area contributed by atoms with E-state index in [1.165, 1.54) is 196 Å². The molecule has 0 aliphatic carbocycles. The van der Waals surface area contributed by atoms with Crippen LogP contribution in [0.5, 0.6) is 0 Å². The van der Waals surface area contributed by atoms with Crippen LogP contribution in [0.1, 0.15) is 196 Å². The van der Waals surface area contributed by atoms with Gasteiger partial charge in [0, 0.05) is 21.7 Å². The van der Waals surface area contributed by atoms with Gasteiger partial charge in [-0.05, 0) is 50.3 Å². The van der Waals surface area contributed by atoms with Crippen LogP contribution in [0.4, 0.5) is 0 Å². The fourth-order valence-electron chi connectivity index (χ4n) is 4.37. The number of rotatable bonds is 28. The van der Waals surface area contributed by atoms with Crippen LogP contribution in [0.2, 0.25) is 0 Å². The summed E-state index contributed by atoms with van der Waals surface area (Å²) in [7, 11) is 2.51. The number of hydrogen-bond acceptors (Lipinski definition) is 0. The van der Waals surface area contributed by atoms with Crippen molar-refractivity contribution in [1.29, 1.82) is 0 Å². The van der Waals surface area contributed by atoms with Gasteiger partial charge in [0.15, 0.2) is 0 Å². The molecule has 38 heavy (non-hydrogen) atoms. The molecule has 0 bridgehead atoms. The van der Waals surface area contributed by atoms with Gasteiger partial charge in [-0.15, -0.1) is 17.2 Å². The molecule has 0 spiro atoms. The van der Waals surface area contributed by atoms with Gasteiger partial charge in [-0.3, -0.25) is 0 Å². The van der Waals surface area contributed by atoms with Crippen molar-refractivity contribution in [1.82, 2.24) is 0 Å². The molecule has 0 heterocycles. The summed E-state index contributed by atoms with van der Waals surface area (Å²) in [5.74, 6) is 0. The summed E-state index contributed by atoms with van der Waals surface area (Å²) in [6.07, 6.45) is 43.1. The third-order valence-electron chi connectivity index (χ3n) is 6.83. The second-order valence-electron chi connectivity index (χ2n) is 11.1. The van der Waals surface area contributed by atoms with Crippen molar-refractivity contribution in [2.24, 2.45) is 0 Å². The van der Waals surface area contributed by atoms with Gasteiger partial charge < -0.3 is 6.42 Å². The Kier molecular flexibility index (Phi) is 62.8. The Labute approximate surface area is 264 Å². The molecule has 232 valence electrons. The molecule has 0 N–H and O–H groups in total. The maximum atomic E-state index is 2.29. The smallest absolute Gasteiger partial charge is 0 e. The fraction of sp³-hybridized carbons (Fsp3) is 0.971. The summed E-state index contributed by atoms with van der Waals surface area (Å²) < 4.78 is 0. The zero-order valence-corrected chi connectivity index (χ0v) is 31.4. The van der Waals surface area contributed by atoms with Crippen LogP contribution in [-0.2, 0) is 21.7 Å². The van der Waals surface area contributed by atoms with Gasteiger partial charge in [-0.2, -0.15) is 13.8 Å². The van der Waals surface area contributed by atoms with Gasteiger partial charge in [0.1, 0.15) is 0 Å². The average molecular weight is 608 g/mol. The monoisotopic (exact) mass is 607 g/mol. The molecule has 0 radical (unpaired) electrons. The minimum Gasteiger partial charge on any atom is -0.335 e. The fourth-order valence-corrected chi connectivity index (χ4v) is 6.87. The van der Waals surface area contributed by atoms with Gasteiger partial charge in [0.25, 0.3) is 0 Å². The second kappa shape index (κ2) is 51.3. The molecule has 0 aliphatic heterocycles. The number of unbranched alkanes of at least 4 members (excludes halogenated alkanes) is 20. The average Bonchev–Trinajstić information content (AvgIpc) is 2.90. The van der Waals surface area contributed by atoms with Gasteiger partial charge in [-0.25, -0.2) is 0 Å². The minimum atomic E-state index is 0. The van der Waals surface area contributed by atoms with E-state index in [-0.39, 0.29) is 21.7 Å². The predicted molar refractivity (Wildman–Crippen MR) is 185 cm³/mol. The minimum absolute atomic E-state index is 0. The summed E-state index contributed by atoms with van der Waals surface area (Å²) in [6, 6.07) is 0. The van der Waals surface area contributed by atoms with E-state index in [2.05, 4.69) is 27.7 Å². The summed E-state index contributed by atoms with van der Waals surface area (Å²) in [5, 5.41) is 0. The van der Waals surface area contributed by atoms with Crippen molar-refractivity contribution in [3.8, 4) is 0 Å². The molecule has 0 aromatic rings. The van der Waals surface area contributed by atoms with E-state index in [1.54, 1.807) is 0 Å². The van der Waals surface area contributed by atoms with Crippen LogP contribution in [0.25, 0.3) is 0 Å². The molecule has 0 aromatic heterocycles. The van der Waals surface area contributed by atoms with Crippen LogP contribution >= 0.6 is 17.2 Å². The Hall–Kier alpha value is 1.57. The molecule has 0 atom stereocenters. The summed E-state index contributed by atoms with van der Waals surface area (Å²) in [4.78, 5) is 0. The predicted octanol–water partition coefficient (Wildman–Crippen LogP) is 14.0. The van der Waals surface area contributed by atoms with Crippen molar-refractivity contribution >= 4 is 17.2 Å². The zero-order chi connectivity index (χ0) is 27.9. The van der Waals surface area contributed by atoms with Crippen molar-refractivity contribution in [2.75, 3.05) is 24.6 Å². The normalized spacial score (nSPS) is 10.3. The van der Waals surface area contributed by atoms with Gasteiger partial charge >= 0.3 is 0 Å². The van der Waals surface area contributed by atoms with Crippen molar-refractivity contribution in [3.63, 3.8) is 0 Å². The SMILES string of the molecule is CCCCCCCCPCCCCCCCC.CCCCCCCCPCCCCCCCC.C[CH-]C.[Ti]. The first-order valence-electron chi connectivity index (χ1n) is 17.4. The maximum Gasteiger partial charge on any atom is 0 e. The largest absolute Gasteiger partial charge is 0.335 e. The van der Waals surface area contributed by atoms with E-state index >= 15 is 0 Å². The quantitative estimate of drug-likeness (QED) is 0.0359. The molecule has 0 aliphatic rings. The van der Waals surface area contributed by atoms with Gasteiger partial charge in [0.2, 0.25) is 0 Å². The van der Waals surface area contributed by atoms with E-state index in [0.717, 1.165) is 0 Å². The van der Waals surface area contributed by atoms with E-state index in [9.17, 15) is 0 Å². The Bertz CT molecular complexity index is 267. The van der Waals surface area contributed by atoms with Crippen molar-refractivity contribution < 1.29 is 21.7 Å². The van der Waals surface area contributed by atoms with E-state index in [0.29, 0.717) is 0 Å². The molecule has 0 rings (SSSR count). The van der Waals surface area contributed by atoms with Gasteiger partial charge in [-0.1, -0.05) is 156 Å². The van der Waals surface area contributed by atoms with Crippen molar-refractivity contribution in [3.05, 3.63) is 6.42 Å². The standard InChI is InChI=1S/2C16H35P.C3H7.Ti/c2*1-3-5-7-9-11-13-15-17-16-14-12-10-8-6-4-2;1-3-2;/h2*17H,3-16H2,1-2H3;3H,1-2H3;/q;;-1;. The van der Waals surface area contributed by atoms with Crippen molar-refractivity contribution in [2.45, 2.75) is 196 Å². The molecular weight excluding hydrogens is 530 g/mol. The molecule has 0 amide bonds. The van der Waals surface area contributed by atoms with E-state index in [1.807, 2.05) is 20.3 Å². The van der Waals surface area contributed by atoms with E-state index in [4.69, 9.17) is 0 Å². The van der Waals surface area contributed by atoms with Crippen LogP contribution in [0.15, 0.2) is 0 Å². The first-order chi connectivity index (χ1) is 18.2. The zero-order valence-electron chi connectivity index (χ0n) is 27.9. The Morgan fingerprint density at radius 3 is 0.658 bits per heavy atom. The Balaban J connectivity index is -0.000000269. The summed E-state index contributed by atoms with van der Waals surface area (Å²) >= 11 is 0. The third-order valence-corrected chi connectivity index (χ3v) is 9.66. The Morgan fingerprint density at radius 2 is 0.474 bits per heavy atom. The van der Waals surface area contributed by atoms with Crippen LogP contribution in [0.3, 0.4) is 0 Å². The first-order valence-corrected chi connectivity index (χ1v) is 20.2.